The predicted molar refractivity (Wildman–Crippen MR) is 114 cm³/mol. The lowest BCUT2D eigenvalue weighted by Crippen LogP contribution is -2.48. The van der Waals surface area contributed by atoms with Crippen molar-refractivity contribution in [1.82, 2.24) is 19.7 Å². The maximum absolute atomic E-state index is 12.6. The van der Waals surface area contributed by atoms with Crippen molar-refractivity contribution in [3.05, 3.63) is 70.5 Å². The van der Waals surface area contributed by atoms with Gasteiger partial charge in [-0.25, -0.2) is 14.5 Å². The number of aromatic nitrogens is 3. The number of rotatable bonds is 5. The van der Waals surface area contributed by atoms with Crippen LogP contribution in [0.25, 0.3) is 5.69 Å². The van der Waals surface area contributed by atoms with Crippen molar-refractivity contribution in [2.24, 2.45) is 0 Å². The SMILES string of the molecule is O=C(Nc1nn(-c2ccccc2)cc1[N+](=O)[O-])c1ccc(N2CCN(C(=O)O)CC2)nc1. The second-order valence-corrected chi connectivity index (χ2v) is 7.02. The largest absolute Gasteiger partial charge is 0.465 e. The van der Waals surface area contributed by atoms with Gasteiger partial charge in [-0.3, -0.25) is 20.2 Å². The Labute approximate surface area is 181 Å². The molecule has 1 saturated heterocycles. The second kappa shape index (κ2) is 8.71. The number of carboxylic acid groups (broad SMARTS) is 1. The molecule has 0 aliphatic carbocycles. The van der Waals surface area contributed by atoms with Crippen molar-refractivity contribution in [2.45, 2.75) is 0 Å². The van der Waals surface area contributed by atoms with E-state index in [0.717, 1.165) is 0 Å². The second-order valence-electron chi connectivity index (χ2n) is 7.02. The maximum atomic E-state index is 12.6. The summed E-state index contributed by atoms with van der Waals surface area (Å²) in [6.45, 7) is 1.72. The first kappa shape index (κ1) is 20.8. The van der Waals surface area contributed by atoms with Crippen molar-refractivity contribution in [1.29, 1.82) is 0 Å². The Morgan fingerprint density at radius 2 is 1.78 bits per heavy atom. The van der Waals surface area contributed by atoms with Gasteiger partial charge in [0.15, 0.2) is 0 Å². The van der Waals surface area contributed by atoms with Crippen molar-refractivity contribution >= 4 is 29.3 Å². The van der Waals surface area contributed by atoms with E-state index in [2.05, 4.69) is 15.4 Å². The molecule has 3 aromatic rings. The summed E-state index contributed by atoms with van der Waals surface area (Å²) in [5.41, 5.74) is 0.495. The van der Waals surface area contributed by atoms with Gasteiger partial charge in [-0.15, -0.1) is 5.10 Å². The molecule has 2 aromatic heterocycles. The lowest BCUT2D eigenvalue weighted by molar-refractivity contribution is -0.384. The fraction of sp³-hybridized carbons (Fsp3) is 0.200. The minimum absolute atomic E-state index is 0.169. The van der Waals surface area contributed by atoms with E-state index < -0.39 is 16.9 Å². The first-order valence-corrected chi connectivity index (χ1v) is 9.72. The van der Waals surface area contributed by atoms with Crippen molar-refractivity contribution in [3.63, 3.8) is 0 Å². The number of benzene rings is 1. The van der Waals surface area contributed by atoms with Gasteiger partial charge in [-0.2, -0.15) is 0 Å². The Morgan fingerprint density at radius 1 is 1.06 bits per heavy atom. The van der Waals surface area contributed by atoms with Crippen LogP contribution in [-0.2, 0) is 0 Å². The van der Waals surface area contributed by atoms with Gasteiger partial charge >= 0.3 is 11.8 Å². The Hall–Kier alpha value is -4.48. The highest BCUT2D eigenvalue weighted by atomic mass is 16.6. The molecule has 12 heteroatoms. The zero-order valence-corrected chi connectivity index (χ0v) is 16.8. The smallest absolute Gasteiger partial charge is 0.407 e. The third kappa shape index (κ3) is 4.33. The Balaban J connectivity index is 1.47. The quantitative estimate of drug-likeness (QED) is 0.456. The molecule has 12 nitrogen and oxygen atoms in total. The molecule has 2 N–H and O–H groups in total. The van der Waals surface area contributed by atoms with E-state index in [4.69, 9.17) is 5.11 Å². The fourth-order valence-electron chi connectivity index (χ4n) is 3.31. The van der Waals surface area contributed by atoms with Crippen molar-refractivity contribution in [3.8, 4) is 5.69 Å². The van der Waals surface area contributed by atoms with E-state index in [9.17, 15) is 19.7 Å². The number of piperazine rings is 1. The number of nitro groups is 1. The van der Waals surface area contributed by atoms with Crippen LogP contribution in [-0.4, -0.2) is 67.9 Å². The van der Waals surface area contributed by atoms with Gasteiger partial charge in [0.1, 0.15) is 12.0 Å². The number of pyridine rings is 1. The Kier molecular flexibility index (Phi) is 5.66. The molecular weight excluding hydrogens is 418 g/mol. The molecule has 0 radical (unpaired) electrons. The zero-order valence-electron chi connectivity index (χ0n) is 16.8. The molecule has 0 bridgehead atoms. The minimum atomic E-state index is -0.951. The Morgan fingerprint density at radius 3 is 2.38 bits per heavy atom. The van der Waals surface area contributed by atoms with Gasteiger partial charge in [0.25, 0.3) is 5.91 Å². The molecular formula is C20H19N7O5. The first-order valence-electron chi connectivity index (χ1n) is 9.72. The van der Waals surface area contributed by atoms with E-state index >= 15 is 0 Å². The standard InChI is InChI=1S/C20H19N7O5/c28-19(14-6-7-17(21-12-14)24-8-10-25(11-9-24)20(29)30)22-18-16(27(31)32)13-26(23-18)15-4-2-1-3-5-15/h1-7,12-13H,8-11H2,(H,29,30)(H,22,23,28). The molecule has 0 saturated carbocycles. The third-order valence-corrected chi connectivity index (χ3v) is 5.03. The number of amides is 2. The summed E-state index contributed by atoms with van der Waals surface area (Å²) in [6, 6.07) is 12.0. The molecule has 1 aliphatic rings. The Bertz CT molecular complexity index is 1140. The molecule has 0 spiro atoms. The van der Waals surface area contributed by atoms with Crippen LogP contribution in [0, 0.1) is 10.1 Å². The summed E-state index contributed by atoms with van der Waals surface area (Å²) in [7, 11) is 0. The van der Waals surface area contributed by atoms with E-state index in [1.54, 1.807) is 36.4 Å². The van der Waals surface area contributed by atoms with Gasteiger partial charge in [0, 0.05) is 32.4 Å². The van der Waals surface area contributed by atoms with Gasteiger partial charge in [-0.05, 0) is 24.3 Å². The molecule has 1 aromatic carbocycles. The predicted octanol–water partition coefficient (Wildman–Crippen LogP) is 2.23. The highest BCUT2D eigenvalue weighted by molar-refractivity contribution is 6.04. The van der Waals surface area contributed by atoms with Crippen LogP contribution in [0.5, 0.6) is 0 Å². The minimum Gasteiger partial charge on any atom is -0.465 e. The van der Waals surface area contributed by atoms with Crippen LogP contribution in [0.4, 0.5) is 22.1 Å². The number of hydrogen-bond donors (Lipinski definition) is 2. The van der Waals surface area contributed by atoms with E-state index in [1.165, 1.54) is 22.0 Å². The topological polar surface area (TPSA) is 147 Å². The molecule has 4 rings (SSSR count). The van der Waals surface area contributed by atoms with Crippen LogP contribution < -0.4 is 10.2 Å². The number of anilines is 2. The monoisotopic (exact) mass is 437 g/mol. The van der Waals surface area contributed by atoms with Crippen molar-refractivity contribution < 1.29 is 19.6 Å². The number of hydrogen-bond acceptors (Lipinski definition) is 7. The fourth-order valence-corrected chi connectivity index (χ4v) is 3.31. The molecule has 164 valence electrons. The van der Waals surface area contributed by atoms with E-state index in [0.29, 0.717) is 37.7 Å². The number of carbonyl (C=O) groups is 2. The summed E-state index contributed by atoms with van der Waals surface area (Å²) < 4.78 is 1.33. The number of para-hydroxylation sites is 1. The average Bonchev–Trinajstić information content (AvgIpc) is 3.24. The lowest BCUT2D eigenvalue weighted by atomic mass is 10.2. The van der Waals surface area contributed by atoms with Gasteiger partial charge in [0.05, 0.1) is 16.2 Å². The van der Waals surface area contributed by atoms with Gasteiger partial charge in [0.2, 0.25) is 5.82 Å². The van der Waals surface area contributed by atoms with Gasteiger partial charge < -0.3 is 14.9 Å². The third-order valence-electron chi connectivity index (χ3n) is 5.03. The van der Waals surface area contributed by atoms with E-state index in [1.807, 2.05) is 11.0 Å². The number of nitrogens with zero attached hydrogens (tertiary/aromatic N) is 6. The summed E-state index contributed by atoms with van der Waals surface area (Å²) in [6.07, 6.45) is 1.66. The van der Waals surface area contributed by atoms with Crippen LogP contribution in [0.2, 0.25) is 0 Å². The average molecular weight is 437 g/mol. The number of carbonyl (C=O) groups excluding carboxylic acids is 1. The van der Waals surface area contributed by atoms with Crippen LogP contribution in [0.3, 0.4) is 0 Å². The molecule has 3 heterocycles. The summed E-state index contributed by atoms with van der Waals surface area (Å²) in [5.74, 6) is -0.134. The molecule has 0 atom stereocenters. The summed E-state index contributed by atoms with van der Waals surface area (Å²) in [4.78, 5) is 42.0. The lowest BCUT2D eigenvalue weighted by Gasteiger charge is -2.33. The molecule has 0 unspecified atom stereocenters. The van der Waals surface area contributed by atoms with Gasteiger partial charge in [-0.1, -0.05) is 18.2 Å². The van der Waals surface area contributed by atoms with Crippen LogP contribution in [0.1, 0.15) is 10.4 Å². The number of nitrogens with one attached hydrogen (secondary N) is 1. The maximum Gasteiger partial charge on any atom is 0.407 e. The molecule has 1 fully saturated rings. The molecule has 32 heavy (non-hydrogen) atoms. The van der Waals surface area contributed by atoms with Crippen LogP contribution >= 0.6 is 0 Å². The zero-order chi connectivity index (χ0) is 22.7. The molecule has 1 aliphatic heterocycles. The van der Waals surface area contributed by atoms with Crippen LogP contribution in [0.15, 0.2) is 54.9 Å². The van der Waals surface area contributed by atoms with E-state index in [-0.39, 0.29) is 17.1 Å². The highest BCUT2D eigenvalue weighted by Crippen LogP contribution is 2.25. The summed E-state index contributed by atoms with van der Waals surface area (Å²) in [5, 5.41) is 27.1. The normalized spacial score (nSPS) is 13.6. The van der Waals surface area contributed by atoms with Crippen molar-refractivity contribution in [2.75, 3.05) is 36.4 Å². The summed E-state index contributed by atoms with van der Waals surface area (Å²) >= 11 is 0. The first-order chi connectivity index (χ1) is 15.4. The highest BCUT2D eigenvalue weighted by Gasteiger charge is 2.24. The molecule has 2 amide bonds.